The van der Waals surface area contributed by atoms with Gasteiger partial charge in [0.2, 0.25) is 0 Å². The summed E-state index contributed by atoms with van der Waals surface area (Å²) < 4.78 is 0. The van der Waals surface area contributed by atoms with Crippen LogP contribution < -0.4 is 5.73 Å². The molecule has 1 heterocycles. The van der Waals surface area contributed by atoms with Crippen molar-refractivity contribution in [1.82, 2.24) is 4.90 Å². The van der Waals surface area contributed by atoms with Gasteiger partial charge in [-0.2, -0.15) is 0 Å². The topological polar surface area (TPSA) is 29.3 Å². The molecule has 0 radical (unpaired) electrons. The Morgan fingerprint density at radius 3 is 2.69 bits per heavy atom. The minimum atomic E-state index is 0.456. The smallest absolute Gasteiger partial charge is 0.0180 e. The fourth-order valence-electron chi connectivity index (χ4n) is 2.88. The number of nitrogens with two attached hydrogens (primary N) is 1. The van der Waals surface area contributed by atoms with Crippen LogP contribution in [0, 0.1) is 5.92 Å². The third-order valence-electron chi connectivity index (χ3n) is 3.68. The lowest BCUT2D eigenvalue weighted by Gasteiger charge is -2.33. The third-order valence-corrected chi connectivity index (χ3v) is 3.68. The van der Waals surface area contributed by atoms with Crippen LogP contribution in [0.3, 0.4) is 0 Å². The van der Waals surface area contributed by atoms with Crippen molar-refractivity contribution in [1.29, 1.82) is 0 Å². The van der Waals surface area contributed by atoms with Crippen LogP contribution in [0.15, 0.2) is 0 Å². The first-order chi connectivity index (χ1) is 6.25. The number of rotatable bonds is 1. The quantitative estimate of drug-likeness (QED) is 0.667. The summed E-state index contributed by atoms with van der Waals surface area (Å²) in [5.41, 5.74) is 5.92. The molecule has 0 aromatic carbocycles. The molecule has 13 heavy (non-hydrogen) atoms. The molecular formula is C11H22N2. The highest BCUT2D eigenvalue weighted by Crippen LogP contribution is 2.28. The summed E-state index contributed by atoms with van der Waals surface area (Å²) in [6.45, 7) is 4.79. The summed E-state index contributed by atoms with van der Waals surface area (Å²) in [5, 5.41) is 0. The summed E-state index contributed by atoms with van der Waals surface area (Å²) in [6.07, 6.45) is 6.91. The zero-order chi connectivity index (χ0) is 9.26. The first-order valence-corrected chi connectivity index (χ1v) is 5.75. The summed E-state index contributed by atoms with van der Waals surface area (Å²) in [5.74, 6) is 0.940. The second-order valence-electron chi connectivity index (χ2n) is 4.97. The maximum atomic E-state index is 5.92. The van der Waals surface area contributed by atoms with Gasteiger partial charge in [-0.3, -0.25) is 4.90 Å². The zero-order valence-corrected chi connectivity index (χ0v) is 8.71. The lowest BCUT2D eigenvalue weighted by atomic mass is 9.86. The van der Waals surface area contributed by atoms with Crippen molar-refractivity contribution in [3.8, 4) is 0 Å². The molecule has 2 aliphatic rings. The van der Waals surface area contributed by atoms with Crippen molar-refractivity contribution in [3.63, 3.8) is 0 Å². The van der Waals surface area contributed by atoms with Gasteiger partial charge in [0, 0.05) is 25.2 Å². The number of nitrogens with zero attached hydrogens (tertiary/aromatic N) is 1. The van der Waals surface area contributed by atoms with Gasteiger partial charge in [-0.05, 0) is 25.2 Å². The molecule has 1 saturated heterocycles. The van der Waals surface area contributed by atoms with Crippen LogP contribution in [0.1, 0.15) is 39.0 Å². The molecule has 0 bridgehead atoms. The molecule has 1 saturated carbocycles. The Morgan fingerprint density at radius 1 is 1.23 bits per heavy atom. The summed E-state index contributed by atoms with van der Waals surface area (Å²) in [4.78, 5) is 2.63. The van der Waals surface area contributed by atoms with E-state index in [1.165, 1.54) is 38.6 Å². The SMILES string of the molecule is CC1CCCC(N2CC[C@H](N)C2)C1. The Kier molecular flexibility index (Phi) is 2.89. The molecule has 2 N–H and O–H groups in total. The van der Waals surface area contributed by atoms with Crippen LogP contribution in [0.4, 0.5) is 0 Å². The Morgan fingerprint density at radius 2 is 2.08 bits per heavy atom. The molecule has 0 amide bonds. The molecule has 1 aliphatic carbocycles. The van der Waals surface area contributed by atoms with Crippen LogP contribution >= 0.6 is 0 Å². The molecule has 1 aliphatic heterocycles. The van der Waals surface area contributed by atoms with Crippen molar-refractivity contribution in [2.24, 2.45) is 11.7 Å². The van der Waals surface area contributed by atoms with Crippen LogP contribution in [-0.2, 0) is 0 Å². The summed E-state index contributed by atoms with van der Waals surface area (Å²) >= 11 is 0. The van der Waals surface area contributed by atoms with Crippen molar-refractivity contribution < 1.29 is 0 Å². The van der Waals surface area contributed by atoms with Gasteiger partial charge < -0.3 is 5.73 Å². The highest BCUT2D eigenvalue weighted by Gasteiger charge is 2.28. The van der Waals surface area contributed by atoms with Gasteiger partial charge in [0.15, 0.2) is 0 Å². The van der Waals surface area contributed by atoms with E-state index in [1.807, 2.05) is 0 Å². The normalized spacial score (nSPS) is 42.5. The highest BCUT2D eigenvalue weighted by atomic mass is 15.2. The minimum Gasteiger partial charge on any atom is -0.326 e. The van der Waals surface area contributed by atoms with E-state index in [4.69, 9.17) is 5.73 Å². The lowest BCUT2D eigenvalue weighted by molar-refractivity contribution is 0.162. The van der Waals surface area contributed by atoms with E-state index in [0.29, 0.717) is 6.04 Å². The average molecular weight is 182 g/mol. The highest BCUT2D eigenvalue weighted by molar-refractivity contribution is 4.86. The van der Waals surface area contributed by atoms with Crippen LogP contribution in [0.25, 0.3) is 0 Å². The number of likely N-dealkylation sites (tertiary alicyclic amines) is 1. The molecule has 2 fully saturated rings. The molecule has 2 heteroatoms. The van der Waals surface area contributed by atoms with Crippen molar-refractivity contribution in [2.45, 2.75) is 51.1 Å². The van der Waals surface area contributed by atoms with E-state index in [9.17, 15) is 0 Å². The van der Waals surface area contributed by atoms with Crippen LogP contribution in [0.5, 0.6) is 0 Å². The van der Waals surface area contributed by atoms with Crippen molar-refractivity contribution in [2.75, 3.05) is 13.1 Å². The van der Waals surface area contributed by atoms with Crippen molar-refractivity contribution in [3.05, 3.63) is 0 Å². The fourth-order valence-corrected chi connectivity index (χ4v) is 2.88. The standard InChI is InChI=1S/C11H22N2/c1-9-3-2-4-11(7-9)13-6-5-10(12)8-13/h9-11H,2-8,12H2,1H3/t9?,10-,11?/m0/s1. The molecular weight excluding hydrogens is 160 g/mol. The van der Waals surface area contributed by atoms with E-state index in [0.717, 1.165) is 18.5 Å². The van der Waals surface area contributed by atoms with E-state index >= 15 is 0 Å². The second kappa shape index (κ2) is 3.97. The second-order valence-corrected chi connectivity index (χ2v) is 4.97. The van der Waals surface area contributed by atoms with Crippen molar-refractivity contribution >= 4 is 0 Å². The van der Waals surface area contributed by atoms with Gasteiger partial charge >= 0.3 is 0 Å². The maximum absolute atomic E-state index is 5.92. The average Bonchev–Trinajstić information content (AvgIpc) is 2.52. The van der Waals surface area contributed by atoms with Gasteiger partial charge in [-0.1, -0.05) is 19.8 Å². The Hall–Kier alpha value is -0.0800. The predicted molar refractivity (Wildman–Crippen MR) is 55.6 cm³/mol. The monoisotopic (exact) mass is 182 g/mol. The fraction of sp³-hybridized carbons (Fsp3) is 1.00. The molecule has 2 nitrogen and oxygen atoms in total. The van der Waals surface area contributed by atoms with Crippen LogP contribution in [0.2, 0.25) is 0 Å². The molecule has 0 aromatic heterocycles. The maximum Gasteiger partial charge on any atom is 0.0180 e. The Balaban J connectivity index is 1.85. The molecule has 3 atom stereocenters. The molecule has 76 valence electrons. The van der Waals surface area contributed by atoms with Gasteiger partial charge in [0.05, 0.1) is 0 Å². The molecule has 2 unspecified atom stereocenters. The predicted octanol–water partition coefficient (Wildman–Crippen LogP) is 1.60. The van der Waals surface area contributed by atoms with Gasteiger partial charge in [-0.25, -0.2) is 0 Å². The zero-order valence-electron chi connectivity index (χ0n) is 8.71. The van der Waals surface area contributed by atoms with E-state index in [2.05, 4.69) is 11.8 Å². The Labute approximate surface area is 81.5 Å². The van der Waals surface area contributed by atoms with E-state index in [1.54, 1.807) is 0 Å². The summed E-state index contributed by atoms with van der Waals surface area (Å²) in [7, 11) is 0. The third kappa shape index (κ3) is 2.23. The first-order valence-electron chi connectivity index (χ1n) is 5.75. The molecule has 0 spiro atoms. The van der Waals surface area contributed by atoms with Gasteiger partial charge in [0.25, 0.3) is 0 Å². The van der Waals surface area contributed by atoms with Gasteiger partial charge in [-0.15, -0.1) is 0 Å². The van der Waals surface area contributed by atoms with Gasteiger partial charge in [0.1, 0.15) is 0 Å². The Bertz CT molecular complexity index is 169. The summed E-state index contributed by atoms with van der Waals surface area (Å²) in [6, 6.07) is 1.31. The van der Waals surface area contributed by atoms with Crippen LogP contribution in [-0.4, -0.2) is 30.1 Å². The largest absolute Gasteiger partial charge is 0.326 e. The van der Waals surface area contributed by atoms with E-state index < -0.39 is 0 Å². The number of hydrogen-bond acceptors (Lipinski definition) is 2. The molecule has 0 aromatic rings. The lowest BCUT2D eigenvalue weighted by Crippen LogP contribution is -2.38. The minimum absolute atomic E-state index is 0.456. The number of hydrogen-bond donors (Lipinski definition) is 1. The first kappa shape index (κ1) is 9.47. The molecule has 2 rings (SSSR count). The van der Waals surface area contributed by atoms with E-state index in [-0.39, 0.29) is 0 Å².